The Bertz CT molecular complexity index is 1070. The molecule has 0 aliphatic carbocycles. The molecule has 30 heavy (non-hydrogen) atoms. The number of fused-ring (bicyclic) bond motifs is 3. The lowest BCUT2D eigenvalue weighted by Crippen LogP contribution is -2.28. The molecule has 0 amide bonds. The Morgan fingerprint density at radius 1 is 0.633 bits per heavy atom. The molecule has 2 fully saturated rings. The lowest BCUT2D eigenvalue weighted by molar-refractivity contribution is 0.553. The number of benzene rings is 1. The van der Waals surface area contributed by atoms with Gasteiger partial charge < -0.3 is 19.6 Å². The predicted octanol–water partition coefficient (Wildman–Crippen LogP) is 2.51. The van der Waals surface area contributed by atoms with Crippen molar-refractivity contribution in [3.05, 3.63) is 36.7 Å². The molecule has 5 rings (SSSR count). The second kappa shape index (κ2) is 7.12. The van der Waals surface area contributed by atoms with Crippen LogP contribution in [0.1, 0.15) is 0 Å². The maximum atomic E-state index is 5.15. The monoisotopic (exact) mass is 402 g/mol. The maximum Gasteiger partial charge on any atom is 0.201 e. The van der Waals surface area contributed by atoms with Gasteiger partial charge in [-0.15, -0.1) is 0 Å². The van der Waals surface area contributed by atoms with Gasteiger partial charge in [0, 0.05) is 77.5 Å². The second-order valence-corrected chi connectivity index (χ2v) is 8.01. The molecule has 0 spiro atoms. The highest BCUT2D eigenvalue weighted by atomic mass is 15.4. The minimum atomic E-state index is 0.843. The minimum Gasteiger partial charge on any atom is -0.344 e. The summed E-state index contributed by atoms with van der Waals surface area (Å²) in [6.07, 6.45) is 3.62. The highest BCUT2D eigenvalue weighted by molar-refractivity contribution is 6.17. The SMILES string of the molecule is CN1CCN(C)C1=Nc1c(N=C2N(C)CCN2C)c2cccnc2c2ncccc12. The van der Waals surface area contributed by atoms with E-state index in [9.17, 15) is 0 Å². The summed E-state index contributed by atoms with van der Waals surface area (Å²) in [6, 6.07) is 8.04. The first-order chi connectivity index (χ1) is 14.5. The van der Waals surface area contributed by atoms with Gasteiger partial charge >= 0.3 is 0 Å². The third-order valence-corrected chi connectivity index (χ3v) is 5.91. The van der Waals surface area contributed by atoms with E-state index < -0.39 is 0 Å². The summed E-state index contributed by atoms with van der Waals surface area (Å²) in [4.78, 5) is 28.3. The molecule has 0 bridgehead atoms. The summed E-state index contributed by atoms with van der Waals surface area (Å²) in [5.41, 5.74) is 3.39. The van der Waals surface area contributed by atoms with Crippen LogP contribution in [0.2, 0.25) is 0 Å². The Morgan fingerprint density at radius 2 is 1.00 bits per heavy atom. The molecule has 8 nitrogen and oxygen atoms in total. The van der Waals surface area contributed by atoms with Gasteiger partial charge in [-0.1, -0.05) is 0 Å². The number of hydrogen-bond acceptors (Lipinski definition) is 4. The van der Waals surface area contributed by atoms with E-state index in [0.717, 1.165) is 71.3 Å². The van der Waals surface area contributed by atoms with Crippen molar-refractivity contribution in [1.29, 1.82) is 0 Å². The van der Waals surface area contributed by atoms with Crippen molar-refractivity contribution < 1.29 is 0 Å². The average Bonchev–Trinajstić information content (AvgIpc) is 3.25. The number of hydrogen-bond donors (Lipinski definition) is 0. The van der Waals surface area contributed by atoms with Crippen molar-refractivity contribution in [1.82, 2.24) is 29.6 Å². The first-order valence-corrected chi connectivity index (χ1v) is 10.2. The fourth-order valence-electron chi connectivity index (χ4n) is 4.18. The van der Waals surface area contributed by atoms with Crippen LogP contribution in [-0.2, 0) is 0 Å². The smallest absolute Gasteiger partial charge is 0.201 e. The molecular formula is C22H26N8. The molecule has 0 N–H and O–H groups in total. The van der Waals surface area contributed by atoms with Gasteiger partial charge in [0.05, 0.1) is 11.0 Å². The molecule has 154 valence electrons. The molecule has 0 atom stereocenters. The zero-order valence-corrected chi connectivity index (χ0v) is 17.9. The molecule has 1 aromatic carbocycles. The molecule has 0 unspecified atom stereocenters. The van der Waals surface area contributed by atoms with Gasteiger partial charge in [0.25, 0.3) is 0 Å². The quantitative estimate of drug-likeness (QED) is 0.614. The molecule has 2 aliphatic rings. The van der Waals surface area contributed by atoms with E-state index in [1.807, 2.05) is 24.5 Å². The Morgan fingerprint density at radius 3 is 1.37 bits per heavy atom. The van der Waals surface area contributed by atoms with Crippen molar-refractivity contribution >= 4 is 45.1 Å². The van der Waals surface area contributed by atoms with E-state index in [0.29, 0.717) is 0 Å². The Labute approximate surface area is 176 Å². The van der Waals surface area contributed by atoms with Crippen LogP contribution in [-0.4, -0.2) is 95.9 Å². The standard InChI is InChI=1S/C22H26N8/c1-27-11-12-28(2)21(27)25-19-15-7-5-9-23-17(15)18-16(8-6-10-24-18)20(19)26-22-29(3)13-14-30(22)4/h5-10H,11-14H2,1-4H3. The number of aromatic nitrogens is 2. The second-order valence-electron chi connectivity index (χ2n) is 8.01. The van der Waals surface area contributed by atoms with Crippen molar-refractivity contribution in [3.8, 4) is 0 Å². The topological polar surface area (TPSA) is 63.5 Å². The van der Waals surface area contributed by atoms with Gasteiger partial charge in [0.2, 0.25) is 11.9 Å². The number of rotatable bonds is 2. The van der Waals surface area contributed by atoms with Crippen LogP contribution in [0.25, 0.3) is 21.8 Å². The summed E-state index contributed by atoms with van der Waals surface area (Å²) < 4.78 is 0. The Kier molecular flexibility index (Phi) is 4.42. The molecule has 2 aromatic heterocycles. The van der Waals surface area contributed by atoms with Crippen LogP contribution in [0, 0.1) is 0 Å². The zero-order valence-electron chi connectivity index (χ0n) is 17.9. The molecule has 0 saturated carbocycles. The highest BCUT2D eigenvalue weighted by Gasteiger charge is 2.25. The number of guanidine groups is 2. The largest absolute Gasteiger partial charge is 0.344 e. The van der Waals surface area contributed by atoms with Gasteiger partial charge in [-0.2, -0.15) is 0 Å². The number of aliphatic imine (C=N–C) groups is 2. The van der Waals surface area contributed by atoms with E-state index in [1.54, 1.807) is 0 Å². The van der Waals surface area contributed by atoms with E-state index in [-0.39, 0.29) is 0 Å². The maximum absolute atomic E-state index is 5.15. The van der Waals surface area contributed by atoms with E-state index in [4.69, 9.17) is 9.98 Å². The molecule has 8 heteroatoms. The summed E-state index contributed by atoms with van der Waals surface area (Å²) in [5.74, 6) is 1.89. The van der Waals surface area contributed by atoms with E-state index in [2.05, 4.69) is 69.9 Å². The van der Waals surface area contributed by atoms with Crippen molar-refractivity contribution in [2.24, 2.45) is 9.98 Å². The number of likely N-dealkylation sites (N-methyl/N-ethyl adjacent to an activating group) is 4. The van der Waals surface area contributed by atoms with Crippen LogP contribution in [0.15, 0.2) is 46.6 Å². The molecule has 3 aromatic rings. The summed E-state index contributed by atoms with van der Waals surface area (Å²) in [6.45, 7) is 3.82. The third kappa shape index (κ3) is 2.91. The fourth-order valence-corrected chi connectivity index (χ4v) is 4.18. The first-order valence-electron chi connectivity index (χ1n) is 10.2. The molecule has 2 saturated heterocycles. The van der Waals surface area contributed by atoms with Gasteiger partial charge in [-0.3, -0.25) is 9.97 Å². The van der Waals surface area contributed by atoms with Crippen molar-refractivity contribution in [3.63, 3.8) is 0 Å². The van der Waals surface area contributed by atoms with E-state index >= 15 is 0 Å². The highest BCUT2D eigenvalue weighted by Crippen LogP contribution is 2.43. The van der Waals surface area contributed by atoms with Crippen LogP contribution in [0.5, 0.6) is 0 Å². The van der Waals surface area contributed by atoms with E-state index in [1.165, 1.54) is 0 Å². The molecule has 0 radical (unpaired) electrons. The van der Waals surface area contributed by atoms with Gasteiger partial charge in [-0.25, -0.2) is 9.98 Å². The Balaban J connectivity index is 1.88. The zero-order chi connectivity index (χ0) is 20.8. The van der Waals surface area contributed by atoms with Crippen molar-refractivity contribution in [2.45, 2.75) is 0 Å². The lowest BCUT2D eigenvalue weighted by Gasteiger charge is -2.19. The van der Waals surface area contributed by atoms with Gasteiger partial charge in [0.1, 0.15) is 11.4 Å². The van der Waals surface area contributed by atoms with Crippen LogP contribution >= 0.6 is 0 Å². The van der Waals surface area contributed by atoms with Crippen molar-refractivity contribution in [2.75, 3.05) is 54.4 Å². The lowest BCUT2D eigenvalue weighted by atomic mass is 10.1. The number of pyridine rings is 2. The number of nitrogens with zero attached hydrogens (tertiary/aromatic N) is 8. The molecule has 4 heterocycles. The summed E-state index contributed by atoms with van der Waals surface area (Å²) >= 11 is 0. The average molecular weight is 403 g/mol. The summed E-state index contributed by atoms with van der Waals surface area (Å²) in [7, 11) is 8.32. The van der Waals surface area contributed by atoms with Crippen LogP contribution in [0.4, 0.5) is 11.4 Å². The van der Waals surface area contributed by atoms with Gasteiger partial charge in [0.15, 0.2) is 0 Å². The predicted molar refractivity (Wildman–Crippen MR) is 122 cm³/mol. The molecular weight excluding hydrogens is 376 g/mol. The van der Waals surface area contributed by atoms with Crippen LogP contribution in [0.3, 0.4) is 0 Å². The van der Waals surface area contributed by atoms with Crippen LogP contribution < -0.4 is 0 Å². The van der Waals surface area contributed by atoms with Gasteiger partial charge in [-0.05, 0) is 24.3 Å². The Hall–Kier alpha value is -3.42. The third-order valence-electron chi connectivity index (χ3n) is 5.91. The summed E-state index contributed by atoms with van der Waals surface area (Å²) in [5, 5.41) is 1.93. The fraction of sp³-hybridized carbons (Fsp3) is 0.364. The first kappa shape index (κ1) is 18.6. The minimum absolute atomic E-state index is 0.843. The normalized spacial score (nSPS) is 17.1. The molecule has 2 aliphatic heterocycles.